The summed E-state index contributed by atoms with van der Waals surface area (Å²) in [6.07, 6.45) is 1.01. The topological polar surface area (TPSA) is 118 Å². The summed E-state index contributed by atoms with van der Waals surface area (Å²) >= 11 is 0. The molecule has 0 atom stereocenters. The molecule has 0 saturated heterocycles. The van der Waals surface area contributed by atoms with Gasteiger partial charge in [0.15, 0.2) is 0 Å². The van der Waals surface area contributed by atoms with Crippen LogP contribution < -0.4 is 15.2 Å². The summed E-state index contributed by atoms with van der Waals surface area (Å²) in [4.78, 5) is 0. The van der Waals surface area contributed by atoms with E-state index in [0.29, 0.717) is 5.56 Å². The molecule has 20 heavy (non-hydrogen) atoms. The lowest BCUT2D eigenvalue weighted by atomic mass is 10.1. The predicted molar refractivity (Wildman–Crippen MR) is 77.8 cm³/mol. The molecule has 1 aromatic rings. The van der Waals surface area contributed by atoms with Gasteiger partial charge in [-0.2, -0.15) is 0 Å². The molecule has 0 spiro atoms. The molecule has 0 aromatic heterocycles. The van der Waals surface area contributed by atoms with Crippen LogP contribution in [0.2, 0.25) is 0 Å². The Kier molecular flexibility index (Phi) is 6.08. The lowest BCUT2D eigenvalue weighted by Crippen LogP contribution is -2.34. The van der Waals surface area contributed by atoms with Crippen LogP contribution in [0.1, 0.15) is 11.1 Å². The van der Waals surface area contributed by atoms with Gasteiger partial charge < -0.3 is 5.73 Å². The molecule has 0 fully saturated rings. The summed E-state index contributed by atoms with van der Waals surface area (Å²) < 4.78 is 49.9. The number of benzene rings is 1. The SMILES string of the molecule is CS(=O)(=O)NCCNS(=O)(=O)Cc1ccccc1CN. The monoisotopic (exact) mass is 321 g/mol. The molecule has 0 bridgehead atoms. The van der Waals surface area contributed by atoms with Crippen molar-refractivity contribution in [3.63, 3.8) is 0 Å². The van der Waals surface area contributed by atoms with Crippen molar-refractivity contribution in [2.45, 2.75) is 12.3 Å². The van der Waals surface area contributed by atoms with E-state index in [4.69, 9.17) is 5.73 Å². The second kappa shape index (κ2) is 7.14. The maximum Gasteiger partial charge on any atom is 0.215 e. The third-order valence-corrected chi connectivity index (χ3v) is 4.56. The second-order valence-electron chi connectivity index (χ2n) is 4.29. The van der Waals surface area contributed by atoms with Crippen molar-refractivity contribution in [1.29, 1.82) is 0 Å². The van der Waals surface area contributed by atoms with Gasteiger partial charge in [-0.15, -0.1) is 0 Å². The van der Waals surface area contributed by atoms with Crippen molar-refractivity contribution in [3.8, 4) is 0 Å². The van der Waals surface area contributed by atoms with Crippen molar-refractivity contribution in [3.05, 3.63) is 35.4 Å². The minimum absolute atomic E-state index is 0.000194. The van der Waals surface area contributed by atoms with Crippen LogP contribution in [0, 0.1) is 0 Å². The first kappa shape index (κ1) is 17.1. The summed E-state index contributed by atoms with van der Waals surface area (Å²) in [5, 5.41) is 0. The molecule has 1 aromatic carbocycles. The van der Waals surface area contributed by atoms with Crippen LogP contribution >= 0.6 is 0 Å². The van der Waals surface area contributed by atoms with E-state index in [1.807, 2.05) is 0 Å². The van der Waals surface area contributed by atoms with Crippen LogP contribution in [0.5, 0.6) is 0 Å². The lowest BCUT2D eigenvalue weighted by Gasteiger charge is -2.10. The fraction of sp³-hybridized carbons (Fsp3) is 0.455. The van der Waals surface area contributed by atoms with Gasteiger partial charge in [0, 0.05) is 19.6 Å². The van der Waals surface area contributed by atoms with Crippen LogP contribution in [-0.4, -0.2) is 36.2 Å². The van der Waals surface area contributed by atoms with Gasteiger partial charge >= 0.3 is 0 Å². The molecule has 0 aliphatic heterocycles. The normalized spacial score (nSPS) is 12.5. The first-order valence-corrected chi connectivity index (χ1v) is 9.47. The average Bonchev–Trinajstić information content (AvgIpc) is 2.34. The molecule has 0 amide bonds. The van der Waals surface area contributed by atoms with Gasteiger partial charge in [-0.3, -0.25) is 0 Å². The average molecular weight is 321 g/mol. The zero-order valence-corrected chi connectivity index (χ0v) is 12.8. The summed E-state index contributed by atoms with van der Waals surface area (Å²) in [7, 11) is -6.84. The quantitative estimate of drug-likeness (QED) is 0.537. The van der Waals surface area contributed by atoms with E-state index in [2.05, 4.69) is 9.44 Å². The highest BCUT2D eigenvalue weighted by Crippen LogP contribution is 2.11. The van der Waals surface area contributed by atoms with E-state index in [1.165, 1.54) is 0 Å². The van der Waals surface area contributed by atoms with E-state index in [-0.39, 0.29) is 25.4 Å². The number of nitrogens with two attached hydrogens (primary N) is 1. The summed E-state index contributed by atoms with van der Waals surface area (Å²) in [5.41, 5.74) is 6.96. The standard InChI is InChI=1S/C11H19N3O4S2/c1-19(15,16)13-6-7-14-20(17,18)9-11-5-3-2-4-10(11)8-12/h2-5,13-14H,6-9,12H2,1H3. The minimum Gasteiger partial charge on any atom is -0.326 e. The molecule has 0 unspecified atom stereocenters. The zero-order valence-electron chi connectivity index (χ0n) is 11.2. The van der Waals surface area contributed by atoms with Crippen molar-refractivity contribution < 1.29 is 16.8 Å². The number of hydrogen-bond donors (Lipinski definition) is 3. The van der Waals surface area contributed by atoms with Crippen molar-refractivity contribution in [1.82, 2.24) is 9.44 Å². The first-order valence-electron chi connectivity index (χ1n) is 5.92. The number of sulfonamides is 2. The second-order valence-corrected chi connectivity index (χ2v) is 7.93. The van der Waals surface area contributed by atoms with Gasteiger partial charge in [0.25, 0.3) is 0 Å². The molecule has 4 N–H and O–H groups in total. The van der Waals surface area contributed by atoms with Gasteiger partial charge in [-0.05, 0) is 11.1 Å². The molecular formula is C11H19N3O4S2. The Morgan fingerprint density at radius 1 is 1.00 bits per heavy atom. The van der Waals surface area contributed by atoms with E-state index in [9.17, 15) is 16.8 Å². The highest BCUT2D eigenvalue weighted by Gasteiger charge is 2.13. The minimum atomic E-state index is -3.53. The smallest absolute Gasteiger partial charge is 0.215 e. The van der Waals surface area contributed by atoms with Crippen LogP contribution in [-0.2, 0) is 32.3 Å². The third-order valence-electron chi connectivity index (χ3n) is 2.50. The number of nitrogens with one attached hydrogen (secondary N) is 2. The maximum atomic E-state index is 11.9. The van der Waals surface area contributed by atoms with Crippen molar-refractivity contribution >= 4 is 20.0 Å². The Morgan fingerprint density at radius 3 is 2.10 bits per heavy atom. The van der Waals surface area contributed by atoms with Gasteiger partial charge in [0.1, 0.15) is 0 Å². The van der Waals surface area contributed by atoms with E-state index >= 15 is 0 Å². The van der Waals surface area contributed by atoms with Gasteiger partial charge in [-0.1, -0.05) is 24.3 Å². The molecule has 114 valence electrons. The van der Waals surface area contributed by atoms with Crippen molar-refractivity contribution in [2.24, 2.45) is 5.73 Å². The molecule has 9 heteroatoms. The third kappa shape index (κ3) is 6.44. The molecule has 0 aliphatic rings. The molecular weight excluding hydrogens is 302 g/mol. The molecule has 7 nitrogen and oxygen atoms in total. The Labute approximate surface area is 119 Å². The Balaban J connectivity index is 2.57. The van der Waals surface area contributed by atoms with E-state index in [0.717, 1.165) is 11.8 Å². The molecule has 0 aliphatic carbocycles. The molecule has 1 rings (SSSR count). The molecule has 0 radical (unpaired) electrons. The Hall–Kier alpha value is -1.00. The van der Waals surface area contributed by atoms with Crippen LogP contribution in [0.15, 0.2) is 24.3 Å². The van der Waals surface area contributed by atoms with Crippen LogP contribution in [0.3, 0.4) is 0 Å². The maximum absolute atomic E-state index is 11.9. The number of hydrogen-bond acceptors (Lipinski definition) is 5. The summed E-state index contributed by atoms with van der Waals surface area (Å²) in [6, 6.07) is 7.02. The van der Waals surface area contributed by atoms with Crippen LogP contribution in [0.4, 0.5) is 0 Å². The molecule has 0 saturated carbocycles. The fourth-order valence-electron chi connectivity index (χ4n) is 1.60. The Bertz CT molecular complexity index is 641. The summed E-state index contributed by atoms with van der Waals surface area (Å²) in [6.45, 7) is 0.276. The fourth-order valence-corrected chi connectivity index (χ4v) is 3.28. The highest BCUT2D eigenvalue weighted by atomic mass is 32.2. The van der Waals surface area contributed by atoms with Gasteiger partial charge in [0.05, 0.1) is 12.0 Å². The number of rotatable bonds is 8. The largest absolute Gasteiger partial charge is 0.326 e. The first-order chi connectivity index (χ1) is 9.23. The lowest BCUT2D eigenvalue weighted by molar-refractivity contribution is 0.572. The predicted octanol–water partition coefficient (Wildman–Crippen LogP) is -0.886. The van der Waals surface area contributed by atoms with E-state index < -0.39 is 20.0 Å². The van der Waals surface area contributed by atoms with Crippen molar-refractivity contribution in [2.75, 3.05) is 19.3 Å². The highest BCUT2D eigenvalue weighted by molar-refractivity contribution is 7.89. The molecule has 0 heterocycles. The van der Waals surface area contributed by atoms with E-state index in [1.54, 1.807) is 24.3 Å². The van der Waals surface area contributed by atoms with Gasteiger partial charge in [-0.25, -0.2) is 26.3 Å². The Morgan fingerprint density at radius 2 is 1.55 bits per heavy atom. The van der Waals surface area contributed by atoms with Gasteiger partial charge in [0.2, 0.25) is 20.0 Å². The zero-order chi connectivity index (χ0) is 15.2. The van der Waals surface area contributed by atoms with Crippen LogP contribution in [0.25, 0.3) is 0 Å². The summed E-state index contributed by atoms with van der Waals surface area (Å²) in [5.74, 6) is -0.181.